The van der Waals surface area contributed by atoms with Crippen LogP contribution in [0, 0.1) is 17.8 Å². The summed E-state index contributed by atoms with van der Waals surface area (Å²) in [6, 6.07) is 10.6. The minimum Gasteiger partial charge on any atom is -0.385 e. The first kappa shape index (κ1) is 10.2. The van der Waals surface area contributed by atoms with Crippen LogP contribution in [0.4, 0.5) is 5.69 Å². The molecule has 3 unspecified atom stereocenters. The number of hydrogen-bond donors (Lipinski definition) is 1. The van der Waals surface area contributed by atoms with E-state index in [-0.39, 0.29) is 0 Å². The van der Waals surface area contributed by atoms with Crippen LogP contribution >= 0.6 is 0 Å². The average Bonchev–Trinajstić information content (AvgIpc) is 2.92. The fourth-order valence-corrected chi connectivity index (χ4v) is 3.69. The Morgan fingerprint density at radius 1 is 1.06 bits per heavy atom. The first-order chi connectivity index (χ1) is 7.92. The Bertz CT molecular complexity index is 333. The van der Waals surface area contributed by atoms with Crippen LogP contribution in [0.2, 0.25) is 0 Å². The molecule has 0 aromatic heterocycles. The zero-order chi connectivity index (χ0) is 10.8. The summed E-state index contributed by atoms with van der Waals surface area (Å²) in [7, 11) is 0. The lowest BCUT2D eigenvalue weighted by Gasteiger charge is -2.21. The van der Waals surface area contributed by atoms with Crippen molar-refractivity contribution < 1.29 is 0 Å². The van der Waals surface area contributed by atoms with Crippen molar-refractivity contribution in [1.29, 1.82) is 0 Å². The number of hydrogen-bond acceptors (Lipinski definition) is 1. The topological polar surface area (TPSA) is 12.0 Å². The molecule has 0 amide bonds. The molecule has 3 atom stereocenters. The van der Waals surface area contributed by atoms with Crippen molar-refractivity contribution in [2.24, 2.45) is 17.8 Å². The van der Waals surface area contributed by atoms with E-state index in [0.29, 0.717) is 0 Å². The predicted octanol–water partition coefficient (Wildman–Crippen LogP) is 3.92. The summed E-state index contributed by atoms with van der Waals surface area (Å²) in [6.45, 7) is 1.15. The van der Waals surface area contributed by atoms with E-state index >= 15 is 0 Å². The van der Waals surface area contributed by atoms with Gasteiger partial charge < -0.3 is 5.32 Å². The van der Waals surface area contributed by atoms with Crippen molar-refractivity contribution >= 4 is 5.69 Å². The average molecular weight is 215 g/mol. The molecule has 2 aliphatic rings. The molecular weight excluding hydrogens is 194 g/mol. The monoisotopic (exact) mass is 215 g/mol. The molecule has 0 radical (unpaired) electrons. The lowest BCUT2D eigenvalue weighted by molar-refractivity contribution is 0.321. The van der Waals surface area contributed by atoms with Gasteiger partial charge in [0.1, 0.15) is 0 Å². The van der Waals surface area contributed by atoms with Crippen molar-refractivity contribution in [2.75, 3.05) is 11.9 Å². The first-order valence-electron chi connectivity index (χ1n) is 6.71. The largest absolute Gasteiger partial charge is 0.385 e. The van der Waals surface area contributed by atoms with Crippen molar-refractivity contribution in [1.82, 2.24) is 0 Å². The summed E-state index contributed by atoms with van der Waals surface area (Å²) in [5, 5.41) is 3.53. The van der Waals surface area contributed by atoms with Gasteiger partial charge in [0.15, 0.2) is 0 Å². The van der Waals surface area contributed by atoms with Crippen molar-refractivity contribution in [2.45, 2.75) is 32.1 Å². The highest BCUT2D eigenvalue weighted by molar-refractivity contribution is 5.42. The molecule has 1 nitrogen and oxygen atoms in total. The van der Waals surface area contributed by atoms with E-state index in [1.54, 1.807) is 0 Å². The predicted molar refractivity (Wildman–Crippen MR) is 68.5 cm³/mol. The van der Waals surface area contributed by atoms with Gasteiger partial charge in [-0.2, -0.15) is 0 Å². The van der Waals surface area contributed by atoms with Gasteiger partial charge in [0.05, 0.1) is 0 Å². The third-order valence-electron chi connectivity index (χ3n) is 4.50. The molecule has 2 bridgehead atoms. The van der Waals surface area contributed by atoms with E-state index in [4.69, 9.17) is 0 Å². The number of nitrogens with one attached hydrogen (secondary N) is 1. The summed E-state index contributed by atoms with van der Waals surface area (Å²) in [5.74, 6) is 3.18. The quantitative estimate of drug-likeness (QED) is 0.802. The molecule has 1 aromatic rings. The van der Waals surface area contributed by atoms with Crippen molar-refractivity contribution in [3.63, 3.8) is 0 Å². The minimum atomic E-state index is 1.02. The van der Waals surface area contributed by atoms with Crippen LogP contribution in [0.3, 0.4) is 0 Å². The molecule has 0 spiro atoms. The zero-order valence-corrected chi connectivity index (χ0v) is 9.86. The molecule has 1 aromatic carbocycles. The molecule has 1 N–H and O–H groups in total. The first-order valence-corrected chi connectivity index (χ1v) is 6.71. The molecule has 2 aliphatic carbocycles. The molecule has 2 saturated carbocycles. The summed E-state index contributed by atoms with van der Waals surface area (Å²) in [5.41, 5.74) is 1.27. The summed E-state index contributed by atoms with van der Waals surface area (Å²) in [6.07, 6.45) is 7.46. The number of rotatable bonds is 4. The number of fused-ring (bicyclic) bond motifs is 2. The van der Waals surface area contributed by atoms with E-state index in [2.05, 4.69) is 35.6 Å². The SMILES string of the molecule is c1ccc(NCCC2CC3CCC2C3)cc1. The Labute approximate surface area is 98.3 Å². The van der Waals surface area contributed by atoms with Gasteiger partial charge in [-0.15, -0.1) is 0 Å². The third kappa shape index (κ3) is 2.09. The Morgan fingerprint density at radius 2 is 1.94 bits per heavy atom. The van der Waals surface area contributed by atoms with Crippen LogP contribution in [0.5, 0.6) is 0 Å². The van der Waals surface area contributed by atoms with E-state index in [1.807, 2.05) is 0 Å². The highest BCUT2D eigenvalue weighted by Crippen LogP contribution is 2.49. The number of para-hydroxylation sites is 1. The second kappa shape index (κ2) is 4.48. The van der Waals surface area contributed by atoms with Crippen LogP contribution in [0.15, 0.2) is 30.3 Å². The van der Waals surface area contributed by atoms with Gasteiger partial charge in [0, 0.05) is 12.2 Å². The fraction of sp³-hybridized carbons (Fsp3) is 0.600. The molecule has 16 heavy (non-hydrogen) atoms. The van der Waals surface area contributed by atoms with E-state index < -0.39 is 0 Å². The summed E-state index contributed by atoms with van der Waals surface area (Å²) in [4.78, 5) is 0. The smallest absolute Gasteiger partial charge is 0.0340 e. The van der Waals surface area contributed by atoms with Gasteiger partial charge in [-0.3, -0.25) is 0 Å². The van der Waals surface area contributed by atoms with Gasteiger partial charge in [0.25, 0.3) is 0 Å². The van der Waals surface area contributed by atoms with E-state index in [1.165, 1.54) is 37.8 Å². The van der Waals surface area contributed by atoms with E-state index in [9.17, 15) is 0 Å². The van der Waals surface area contributed by atoms with Gasteiger partial charge in [-0.05, 0) is 55.6 Å². The summed E-state index contributed by atoms with van der Waals surface area (Å²) >= 11 is 0. The fourth-order valence-electron chi connectivity index (χ4n) is 3.69. The standard InChI is InChI=1S/C15H21N/c1-2-4-15(5-3-1)16-9-8-14-11-12-6-7-13(14)10-12/h1-5,12-14,16H,6-11H2. The van der Waals surface area contributed by atoms with Gasteiger partial charge in [0.2, 0.25) is 0 Å². The third-order valence-corrected chi connectivity index (χ3v) is 4.50. The molecule has 0 aliphatic heterocycles. The molecule has 1 heteroatoms. The lowest BCUT2D eigenvalue weighted by Crippen LogP contribution is -2.14. The van der Waals surface area contributed by atoms with Gasteiger partial charge >= 0.3 is 0 Å². The van der Waals surface area contributed by atoms with Crippen LogP contribution in [-0.4, -0.2) is 6.54 Å². The van der Waals surface area contributed by atoms with Gasteiger partial charge in [-0.1, -0.05) is 24.6 Å². The Balaban J connectivity index is 1.44. The van der Waals surface area contributed by atoms with Gasteiger partial charge in [-0.25, -0.2) is 0 Å². The Kier molecular flexibility index (Phi) is 2.86. The van der Waals surface area contributed by atoms with Crippen LogP contribution < -0.4 is 5.32 Å². The highest BCUT2D eigenvalue weighted by atomic mass is 14.9. The maximum Gasteiger partial charge on any atom is 0.0340 e. The molecule has 3 rings (SSSR count). The molecule has 0 saturated heterocycles. The second-order valence-corrected chi connectivity index (χ2v) is 5.52. The van der Waals surface area contributed by atoms with Crippen LogP contribution in [0.25, 0.3) is 0 Å². The van der Waals surface area contributed by atoms with Crippen molar-refractivity contribution in [3.05, 3.63) is 30.3 Å². The molecule has 0 heterocycles. The summed E-state index contributed by atoms with van der Waals surface area (Å²) < 4.78 is 0. The van der Waals surface area contributed by atoms with Crippen molar-refractivity contribution in [3.8, 4) is 0 Å². The number of anilines is 1. The maximum absolute atomic E-state index is 3.53. The zero-order valence-electron chi connectivity index (χ0n) is 9.86. The molecule has 2 fully saturated rings. The minimum absolute atomic E-state index is 1.02. The Hall–Kier alpha value is -0.980. The normalized spacial score (nSPS) is 31.9. The molecular formula is C15H21N. The molecule has 86 valence electrons. The lowest BCUT2D eigenvalue weighted by atomic mass is 9.86. The van der Waals surface area contributed by atoms with Crippen LogP contribution in [0.1, 0.15) is 32.1 Å². The second-order valence-electron chi connectivity index (χ2n) is 5.52. The van der Waals surface area contributed by atoms with Crippen LogP contribution in [-0.2, 0) is 0 Å². The maximum atomic E-state index is 3.53. The number of benzene rings is 1. The Morgan fingerprint density at radius 3 is 2.62 bits per heavy atom. The van der Waals surface area contributed by atoms with E-state index in [0.717, 1.165) is 24.3 Å². The highest BCUT2D eigenvalue weighted by Gasteiger charge is 2.38.